The van der Waals surface area contributed by atoms with Gasteiger partial charge in [-0.3, -0.25) is 4.79 Å². The third-order valence-electron chi connectivity index (χ3n) is 3.51. The van der Waals surface area contributed by atoms with Gasteiger partial charge in [0.25, 0.3) is 0 Å². The Balaban J connectivity index is 2.06. The van der Waals surface area contributed by atoms with Crippen molar-refractivity contribution in [3.8, 4) is 0 Å². The molecule has 0 aliphatic carbocycles. The first-order valence-corrected chi connectivity index (χ1v) is 7.23. The number of carbonyl (C=O) groups excluding carboxylic acids is 1. The Morgan fingerprint density at radius 1 is 1.05 bits per heavy atom. The van der Waals surface area contributed by atoms with Crippen LogP contribution in [-0.4, -0.2) is 5.91 Å². The fourth-order valence-electron chi connectivity index (χ4n) is 2.50. The maximum absolute atomic E-state index is 12.5. The molecule has 0 radical (unpaired) electrons. The highest BCUT2D eigenvalue weighted by Gasteiger charge is 2.46. The Morgan fingerprint density at radius 3 is 2.47 bits per heavy atom. The van der Waals surface area contributed by atoms with E-state index in [4.69, 9.17) is 0 Å². The summed E-state index contributed by atoms with van der Waals surface area (Å²) in [5.41, 5.74) is 2.04. The molecule has 1 unspecified atom stereocenters. The van der Waals surface area contributed by atoms with Gasteiger partial charge in [-0.1, -0.05) is 43.3 Å². The highest BCUT2D eigenvalue weighted by molar-refractivity contribution is 8.01. The van der Waals surface area contributed by atoms with E-state index >= 15 is 0 Å². The van der Waals surface area contributed by atoms with Crippen LogP contribution in [0.5, 0.6) is 0 Å². The minimum atomic E-state index is -0.502. The van der Waals surface area contributed by atoms with Crippen LogP contribution in [0.25, 0.3) is 0 Å². The average Bonchev–Trinajstić information content (AvgIpc) is 2.73. The molecule has 0 spiro atoms. The SMILES string of the molecule is CCC1(Sc2ccccc2)C(=O)Nc2ccccc21. The van der Waals surface area contributed by atoms with Crippen molar-refractivity contribution in [1.29, 1.82) is 0 Å². The molecule has 19 heavy (non-hydrogen) atoms. The van der Waals surface area contributed by atoms with Crippen LogP contribution in [0.15, 0.2) is 59.5 Å². The van der Waals surface area contributed by atoms with Gasteiger partial charge in [0, 0.05) is 16.1 Å². The summed E-state index contributed by atoms with van der Waals surface area (Å²) in [5, 5.41) is 3.00. The van der Waals surface area contributed by atoms with Crippen LogP contribution >= 0.6 is 11.8 Å². The summed E-state index contributed by atoms with van der Waals surface area (Å²) in [6.07, 6.45) is 0.773. The van der Waals surface area contributed by atoms with Gasteiger partial charge in [0.05, 0.1) is 0 Å². The Morgan fingerprint density at radius 2 is 1.74 bits per heavy atom. The summed E-state index contributed by atoms with van der Waals surface area (Å²) in [6.45, 7) is 2.07. The molecule has 0 saturated carbocycles. The number of anilines is 1. The summed E-state index contributed by atoms with van der Waals surface area (Å²) >= 11 is 1.64. The summed E-state index contributed by atoms with van der Waals surface area (Å²) in [4.78, 5) is 13.6. The normalized spacial score (nSPS) is 21.0. The number of hydrogen-bond acceptors (Lipinski definition) is 2. The first-order valence-electron chi connectivity index (χ1n) is 6.41. The Kier molecular flexibility index (Phi) is 3.07. The number of nitrogens with one attached hydrogen (secondary N) is 1. The van der Waals surface area contributed by atoms with E-state index < -0.39 is 4.75 Å². The number of hydrogen-bond donors (Lipinski definition) is 1. The minimum absolute atomic E-state index is 0.0880. The van der Waals surface area contributed by atoms with E-state index in [0.717, 1.165) is 22.6 Å². The van der Waals surface area contributed by atoms with Crippen molar-refractivity contribution in [2.24, 2.45) is 0 Å². The number of para-hydroxylation sites is 1. The van der Waals surface area contributed by atoms with E-state index in [1.807, 2.05) is 42.5 Å². The molecule has 1 atom stereocenters. The van der Waals surface area contributed by atoms with E-state index in [9.17, 15) is 4.79 Å². The van der Waals surface area contributed by atoms with E-state index in [2.05, 4.69) is 24.4 Å². The van der Waals surface area contributed by atoms with Crippen LogP contribution < -0.4 is 5.32 Å². The lowest BCUT2D eigenvalue weighted by Gasteiger charge is -2.25. The molecule has 1 amide bonds. The summed E-state index contributed by atoms with van der Waals surface area (Å²) in [6, 6.07) is 18.1. The lowest BCUT2D eigenvalue weighted by atomic mass is 9.97. The Hall–Kier alpha value is -1.74. The van der Waals surface area contributed by atoms with Crippen molar-refractivity contribution in [3.05, 3.63) is 60.2 Å². The molecule has 1 aliphatic rings. The van der Waals surface area contributed by atoms with Crippen molar-refractivity contribution in [2.75, 3.05) is 5.32 Å². The van der Waals surface area contributed by atoms with Crippen LogP contribution in [0.4, 0.5) is 5.69 Å². The molecular formula is C16H15NOS. The van der Waals surface area contributed by atoms with Gasteiger partial charge < -0.3 is 5.32 Å². The first-order chi connectivity index (χ1) is 9.26. The zero-order chi connectivity index (χ0) is 13.3. The van der Waals surface area contributed by atoms with Gasteiger partial charge in [-0.2, -0.15) is 0 Å². The van der Waals surface area contributed by atoms with Gasteiger partial charge in [0.15, 0.2) is 0 Å². The van der Waals surface area contributed by atoms with Crippen LogP contribution in [0.3, 0.4) is 0 Å². The Labute approximate surface area is 117 Å². The number of amides is 1. The highest BCUT2D eigenvalue weighted by atomic mass is 32.2. The van der Waals surface area contributed by atoms with E-state index in [-0.39, 0.29) is 5.91 Å². The van der Waals surface area contributed by atoms with Gasteiger partial charge in [0.1, 0.15) is 4.75 Å². The topological polar surface area (TPSA) is 29.1 Å². The number of benzene rings is 2. The standard InChI is InChI=1S/C16H15NOS/c1-2-16(19-12-8-4-3-5-9-12)13-10-6-7-11-14(13)17-15(16)18/h3-11H,2H2,1H3,(H,17,18). The second-order valence-corrected chi connectivity index (χ2v) is 5.97. The summed E-state index contributed by atoms with van der Waals surface area (Å²) < 4.78 is -0.502. The maximum Gasteiger partial charge on any atom is 0.245 e. The Bertz CT molecular complexity index is 611. The molecule has 0 fully saturated rings. The van der Waals surface area contributed by atoms with Crippen molar-refractivity contribution in [1.82, 2.24) is 0 Å². The zero-order valence-corrected chi connectivity index (χ0v) is 11.5. The highest BCUT2D eigenvalue weighted by Crippen LogP contribution is 2.50. The van der Waals surface area contributed by atoms with Crippen molar-refractivity contribution in [3.63, 3.8) is 0 Å². The van der Waals surface area contributed by atoms with Crippen molar-refractivity contribution in [2.45, 2.75) is 23.0 Å². The second kappa shape index (κ2) is 4.74. The minimum Gasteiger partial charge on any atom is -0.324 e. The van der Waals surface area contributed by atoms with E-state index in [0.29, 0.717) is 0 Å². The third-order valence-corrected chi connectivity index (χ3v) is 5.06. The first kappa shape index (κ1) is 12.3. The van der Waals surface area contributed by atoms with Gasteiger partial charge in [-0.15, -0.1) is 11.8 Å². The molecule has 3 rings (SSSR count). The van der Waals surface area contributed by atoms with Gasteiger partial charge in [-0.25, -0.2) is 0 Å². The van der Waals surface area contributed by atoms with Crippen molar-refractivity contribution >= 4 is 23.4 Å². The lowest BCUT2D eigenvalue weighted by Crippen LogP contribution is -2.30. The van der Waals surface area contributed by atoms with Crippen molar-refractivity contribution < 1.29 is 4.79 Å². The molecular weight excluding hydrogens is 254 g/mol. The molecule has 1 heterocycles. The molecule has 2 nitrogen and oxygen atoms in total. The largest absolute Gasteiger partial charge is 0.324 e. The summed E-state index contributed by atoms with van der Waals surface area (Å²) in [7, 11) is 0. The van der Waals surface area contributed by atoms with Gasteiger partial charge >= 0.3 is 0 Å². The average molecular weight is 269 g/mol. The van der Waals surface area contributed by atoms with E-state index in [1.54, 1.807) is 11.8 Å². The maximum atomic E-state index is 12.5. The third kappa shape index (κ3) is 1.94. The van der Waals surface area contributed by atoms with Crippen LogP contribution in [-0.2, 0) is 9.54 Å². The number of rotatable bonds is 3. The lowest BCUT2D eigenvalue weighted by molar-refractivity contribution is -0.118. The quantitative estimate of drug-likeness (QED) is 0.911. The smallest absolute Gasteiger partial charge is 0.245 e. The molecule has 0 aromatic heterocycles. The molecule has 0 saturated heterocycles. The fourth-order valence-corrected chi connectivity index (χ4v) is 3.78. The molecule has 2 aromatic carbocycles. The molecule has 1 aliphatic heterocycles. The van der Waals surface area contributed by atoms with Crippen LogP contribution in [0.2, 0.25) is 0 Å². The molecule has 3 heteroatoms. The van der Waals surface area contributed by atoms with Crippen LogP contribution in [0, 0.1) is 0 Å². The molecule has 96 valence electrons. The predicted octanol–water partition coefficient (Wildman–Crippen LogP) is 4.04. The fraction of sp³-hybridized carbons (Fsp3) is 0.188. The monoisotopic (exact) mass is 269 g/mol. The number of carbonyl (C=O) groups is 1. The second-order valence-electron chi connectivity index (χ2n) is 4.60. The molecule has 0 bridgehead atoms. The number of thioether (sulfide) groups is 1. The summed E-state index contributed by atoms with van der Waals surface area (Å²) in [5.74, 6) is 0.0880. The van der Waals surface area contributed by atoms with E-state index in [1.165, 1.54) is 0 Å². The van der Waals surface area contributed by atoms with Gasteiger partial charge in [0.2, 0.25) is 5.91 Å². The molecule has 2 aromatic rings. The zero-order valence-electron chi connectivity index (χ0n) is 10.7. The van der Waals surface area contributed by atoms with Gasteiger partial charge in [-0.05, 0) is 24.6 Å². The van der Waals surface area contributed by atoms with Crippen LogP contribution in [0.1, 0.15) is 18.9 Å². The predicted molar refractivity (Wildman–Crippen MR) is 79.3 cm³/mol. The molecule has 1 N–H and O–H groups in total. The number of fused-ring (bicyclic) bond motifs is 1.